The number of aliphatic hydroxyl groups excluding tert-OH is 1. The highest BCUT2D eigenvalue weighted by Gasteiger charge is 2.46. The van der Waals surface area contributed by atoms with Crippen molar-refractivity contribution in [3.63, 3.8) is 0 Å². The molecule has 0 bridgehead atoms. The average molecular weight is 484 g/mol. The molecule has 3 aromatic carbocycles. The summed E-state index contributed by atoms with van der Waals surface area (Å²) in [5, 5.41) is 11.3. The molecule has 1 saturated heterocycles. The highest BCUT2D eigenvalue weighted by molar-refractivity contribution is 6.46. The van der Waals surface area contributed by atoms with Gasteiger partial charge in [0.05, 0.1) is 18.2 Å². The number of hydrogen-bond acceptors (Lipinski definition) is 4. The fraction of sp³-hybridized carbons (Fsp3) is 0.290. The highest BCUT2D eigenvalue weighted by atomic mass is 16.5. The number of ether oxygens (including phenoxy) is 1. The van der Waals surface area contributed by atoms with Gasteiger partial charge in [0.15, 0.2) is 0 Å². The van der Waals surface area contributed by atoms with Gasteiger partial charge in [-0.25, -0.2) is 0 Å². The first kappa shape index (κ1) is 25.2. The highest BCUT2D eigenvalue weighted by Crippen LogP contribution is 2.41. The van der Waals surface area contributed by atoms with E-state index in [1.54, 1.807) is 12.1 Å². The smallest absolute Gasteiger partial charge is 0.295 e. The van der Waals surface area contributed by atoms with Gasteiger partial charge in [0.25, 0.3) is 11.7 Å². The molecule has 0 aliphatic carbocycles. The molecule has 36 heavy (non-hydrogen) atoms. The molecule has 186 valence electrons. The van der Waals surface area contributed by atoms with Gasteiger partial charge < -0.3 is 14.7 Å². The number of aliphatic hydroxyl groups is 1. The van der Waals surface area contributed by atoms with Gasteiger partial charge in [-0.05, 0) is 51.3 Å². The number of ketones is 1. The predicted molar refractivity (Wildman–Crippen MR) is 142 cm³/mol. The van der Waals surface area contributed by atoms with Crippen LogP contribution in [0.2, 0.25) is 0 Å². The maximum Gasteiger partial charge on any atom is 0.295 e. The van der Waals surface area contributed by atoms with Crippen LogP contribution in [0.1, 0.15) is 61.6 Å². The Kier molecular flexibility index (Phi) is 7.02. The Labute approximate surface area is 213 Å². The van der Waals surface area contributed by atoms with E-state index in [-0.39, 0.29) is 17.9 Å². The molecule has 1 atom stereocenters. The molecule has 0 spiro atoms. The molecule has 1 unspecified atom stereocenters. The first-order valence-electron chi connectivity index (χ1n) is 12.3. The van der Waals surface area contributed by atoms with Crippen LogP contribution in [0.15, 0.2) is 78.4 Å². The Morgan fingerprint density at radius 3 is 2.31 bits per heavy atom. The molecule has 1 fully saturated rings. The number of aryl methyl sites for hydroxylation is 2. The van der Waals surface area contributed by atoms with Crippen LogP contribution < -0.4 is 4.74 Å². The maximum atomic E-state index is 13.4. The Balaban J connectivity index is 1.84. The predicted octanol–water partition coefficient (Wildman–Crippen LogP) is 6.36. The summed E-state index contributed by atoms with van der Waals surface area (Å²) in [6.07, 6.45) is 0.866. The fourth-order valence-electron chi connectivity index (χ4n) is 4.53. The van der Waals surface area contributed by atoms with Crippen LogP contribution >= 0.6 is 0 Å². The molecule has 0 radical (unpaired) electrons. The van der Waals surface area contributed by atoms with E-state index in [0.717, 1.165) is 28.7 Å². The van der Waals surface area contributed by atoms with Crippen LogP contribution in [0.4, 0.5) is 0 Å². The summed E-state index contributed by atoms with van der Waals surface area (Å²) in [6, 6.07) is 22.0. The molecular weight excluding hydrogens is 450 g/mol. The molecule has 5 heteroatoms. The lowest BCUT2D eigenvalue weighted by Gasteiger charge is -2.28. The van der Waals surface area contributed by atoms with Crippen LogP contribution in [0.3, 0.4) is 0 Å². The number of carbonyl (C=O) groups is 2. The van der Waals surface area contributed by atoms with Gasteiger partial charge in [0.2, 0.25) is 0 Å². The molecule has 1 N–H and O–H groups in total. The first-order chi connectivity index (χ1) is 17.1. The van der Waals surface area contributed by atoms with Gasteiger partial charge in [-0.3, -0.25) is 9.59 Å². The molecule has 0 aromatic heterocycles. The number of hydrogen-bond donors (Lipinski definition) is 1. The lowest BCUT2D eigenvalue weighted by Crippen LogP contribution is -2.30. The number of amides is 1. The number of Topliss-reactive ketones (excluding diaryl/α,β-unsaturated/α-hetero) is 1. The third-order valence-electron chi connectivity index (χ3n) is 6.26. The van der Waals surface area contributed by atoms with E-state index >= 15 is 0 Å². The van der Waals surface area contributed by atoms with Gasteiger partial charge >= 0.3 is 0 Å². The first-order valence-corrected chi connectivity index (χ1v) is 12.3. The van der Waals surface area contributed by atoms with Crippen molar-refractivity contribution < 1.29 is 19.4 Å². The van der Waals surface area contributed by atoms with Gasteiger partial charge in [-0.15, -0.1) is 0 Å². The van der Waals surface area contributed by atoms with E-state index in [9.17, 15) is 14.7 Å². The third kappa shape index (κ3) is 5.20. The van der Waals surface area contributed by atoms with Crippen LogP contribution in [0.25, 0.3) is 5.76 Å². The molecule has 3 aromatic rings. The van der Waals surface area contributed by atoms with E-state index in [2.05, 4.69) is 6.92 Å². The molecule has 0 saturated carbocycles. The maximum absolute atomic E-state index is 13.4. The van der Waals surface area contributed by atoms with Crippen molar-refractivity contribution in [1.29, 1.82) is 0 Å². The Morgan fingerprint density at radius 1 is 0.972 bits per heavy atom. The molecule has 5 nitrogen and oxygen atoms in total. The summed E-state index contributed by atoms with van der Waals surface area (Å²) in [5.41, 5.74) is 3.88. The van der Waals surface area contributed by atoms with E-state index < -0.39 is 23.3 Å². The monoisotopic (exact) mass is 483 g/mol. The van der Waals surface area contributed by atoms with Gasteiger partial charge in [0.1, 0.15) is 17.1 Å². The van der Waals surface area contributed by atoms with E-state index in [0.29, 0.717) is 11.3 Å². The zero-order valence-corrected chi connectivity index (χ0v) is 21.5. The van der Waals surface area contributed by atoms with Crippen molar-refractivity contribution in [2.45, 2.75) is 59.2 Å². The minimum atomic E-state index is -0.724. The summed E-state index contributed by atoms with van der Waals surface area (Å²) in [4.78, 5) is 28.3. The van der Waals surface area contributed by atoms with Crippen LogP contribution in [-0.2, 0) is 22.6 Å². The Hall–Kier alpha value is -3.86. The third-order valence-corrected chi connectivity index (χ3v) is 6.26. The van der Waals surface area contributed by atoms with Crippen molar-refractivity contribution in [2.24, 2.45) is 0 Å². The van der Waals surface area contributed by atoms with Crippen molar-refractivity contribution in [3.05, 3.63) is 106 Å². The van der Waals surface area contributed by atoms with Crippen molar-refractivity contribution in [3.8, 4) is 5.75 Å². The zero-order chi connectivity index (χ0) is 26.0. The second kappa shape index (κ2) is 10.0. The molecule has 1 aliphatic heterocycles. The van der Waals surface area contributed by atoms with Crippen LogP contribution in [0.5, 0.6) is 5.75 Å². The zero-order valence-electron chi connectivity index (χ0n) is 21.5. The number of likely N-dealkylation sites (tertiary alicyclic amines) is 1. The van der Waals surface area contributed by atoms with Crippen molar-refractivity contribution in [2.75, 3.05) is 0 Å². The normalized spacial score (nSPS) is 17.5. The van der Waals surface area contributed by atoms with E-state index in [4.69, 9.17) is 4.74 Å². The number of rotatable bonds is 6. The van der Waals surface area contributed by atoms with Crippen molar-refractivity contribution in [1.82, 2.24) is 4.90 Å². The summed E-state index contributed by atoms with van der Waals surface area (Å²) in [5.74, 6) is -0.833. The van der Waals surface area contributed by atoms with Gasteiger partial charge in [0, 0.05) is 11.1 Å². The minimum Gasteiger partial charge on any atom is -0.507 e. The lowest BCUT2D eigenvalue weighted by molar-refractivity contribution is -0.140. The number of carbonyl (C=O) groups excluding carboxylic acids is 2. The molecule has 4 rings (SSSR count). The standard InChI is InChI=1S/C31H33NO4/c1-6-21-14-16-22(17-15-21)28(33)26-27(23-12-9-10-20(2)18-23)32(30(35)29(26)34)19-24-11-7-8-13-25(24)36-31(3,4)5/h7-18,27,33H,6,19H2,1-5H3/b28-26+. The topological polar surface area (TPSA) is 66.8 Å². The van der Waals surface area contributed by atoms with E-state index in [1.165, 1.54) is 4.90 Å². The summed E-state index contributed by atoms with van der Waals surface area (Å²) in [7, 11) is 0. The largest absolute Gasteiger partial charge is 0.507 e. The summed E-state index contributed by atoms with van der Waals surface area (Å²) >= 11 is 0. The summed E-state index contributed by atoms with van der Waals surface area (Å²) in [6.45, 7) is 10.1. The molecule has 1 aliphatic rings. The second-order valence-corrected chi connectivity index (χ2v) is 10.2. The molecule has 1 amide bonds. The Bertz CT molecular complexity index is 1310. The molecule has 1 heterocycles. The van der Waals surface area contributed by atoms with Crippen LogP contribution in [0, 0.1) is 6.92 Å². The summed E-state index contributed by atoms with van der Waals surface area (Å²) < 4.78 is 6.15. The molecular formula is C31H33NO4. The lowest BCUT2D eigenvalue weighted by atomic mass is 9.94. The minimum absolute atomic E-state index is 0.101. The quantitative estimate of drug-likeness (QED) is 0.252. The SMILES string of the molecule is CCc1ccc(/C(O)=C2\C(=O)C(=O)N(Cc3ccccc3OC(C)(C)C)C2c2cccc(C)c2)cc1. The van der Waals surface area contributed by atoms with Gasteiger partial charge in [-0.1, -0.05) is 79.2 Å². The Morgan fingerprint density at radius 2 is 1.67 bits per heavy atom. The van der Waals surface area contributed by atoms with E-state index in [1.807, 2.05) is 88.4 Å². The average Bonchev–Trinajstić information content (AvgIpc) is 3.09. The number of benzene rings is 3. The van der Waals surface area contributed by atoms with Gasteiger partial charge in [-0.2, -0.15) is 0 Å². The number of nitrogens with zero attached hydrogens (tertiary/aromatic N) is 1. The fourth-order valence-corrected chi connectivity index (χ4v) is 4.53. The van der Waals surface area contributed by atoms with Crippen LogP contribution in [-0.4, -0.2) is 27.3 Å². The van der Waals surface area contributed by atoms with Crippen molar-refractivity contribution >= 4 is 17.4 Å². The number of para-hydroxylation sites is 1. The second-order valence-electron chi connectivity index (χ2n) is 10.2.